The maximum absolute atomic E-state index is 12.7. The van der Waals surface area contributed by atoms with Crippen molar-refractivity contribution < 1.29 is 28.2 Å². The molecule has 1 aromatic carbocycles. The molecule has 8 nitrogen and oxygen atoms in total. The zero-order valence-corrected chi connectivity index (χ0v) is 17.7. The van der Waals surface area contributed by atoms with Crippen molar-refractivity contribution in [2.45, 2.75) is 26.4 Å². The van der Waals surface area contributed by atoms with Gasteiger partial charge < -0.3 is 29.3 Å². The normalized spacial score (nSPS) is 11.3. The van der Waals surface area contributed by atoms with E-state index in [0.717, 1.165) is 0 Å². The van der Waals surface area contributed by atoms with Crippen LogP contribution in [-0.4, -0.2) is 45.3 Å². The molecule has 162 valence electrons. The van der Waals surface area contributed by atoms with Crippen molar-refractivity contribution >= 4 is 17.9 Å². The van der Waals surface area contributed by atoms with Crippen molar-refractivity contribution in [3.05, 3.63) is 53.6 Å². The van der Waals surface area contributed by atoms with E-state index in [1.165, 1.54) is 26.6 Å². The van der Waals surface area contributed by atoms with Crippen LogP contribution >= 0.6 is 0 Å². The third-order valence-electron chi connectivity index (χ3n) is 4.03. The highest BCUT2D eigenvalue weighted by Crippen LogP contribution is 2.27. The Morgan fingerprint density at radius 1 is 1.13 bits per heavy atom. The molecule has 2 N–H and O–H groups in total. The lowest BCUT2D eigenvalue weighted by Crippen LogP contribution is -2.35. The molecular formula is C22H28N2O6. The fourth-order valence-corrected chi connectivity index (χ4v) is 2.53. The lowest BCUT2D eigenvalue weighted by molar-refractivity contribution is -0.117. The molecule has 0 atom stereocenters. The van der Waals surface area contributed by atoms with E-state index < -0.39 is 11.8 Å². The number of amides is 2. The fraction of sp³-hybridized carbons (Fsp3) is 0.364. The van der Waals surface area contributed by atoms with Gasteiger partial charge in [-0.15, -0.1) is 0 Å². The number of carbonyl (C=O) groups is 2. The fourth-order valence-electron chi connectivity index (χ4n) is 2.53. The summed E-state index contributed by atoms with van der Waals surface area (Å²) in [5, 5.41) is 5.42. The summed E-state index contributed by atoms with van der Waals surface area (Å²) in [5.74, 6) is 0.464. The maximum atomic E-state index is 12.7. The van der Waals surface area contributed by atoms with Crippen molar-refractivity contribution in [1.82, 2.24) is 10.6 Å². The van der Waals surface area contributed by atoms with Gasteiger partial charge in [0.15, 0.2) is 11.5 Å². The molecule has 2 rings (SSSR count). The largest absolute Gasteiger partial charge is 0.493 e. The van der Waals surface area contributed by atoms with E-state index in [-0.39, 0.29) is 11.8 Å². The van der Waals surface area contributed by atoms with Crippen LogP contribution in [0.4, 0.5) is 0 Å². The highest BCUT2D eigenvalue weighted by molar-refractivity contribution is 6.05. The highest BCUT2D eigenvalue weighted by Gasteiger charge is 2.17. The van der Waals surface area contributed by atoms with E-state index >= 15 is 0 Å². The lowest BCUT2D eigenvalue weighted by Gasteiger charge is -2.13. The molecule has 0 spiro atoms. The molecule has 0 radical (unpaired) electrons. The SMILES string of the molecule is COc1ccc(C(=O)N/C(=C\c2ccco2)C(=O)NCCCOC(C)C)cc1OC. The van der Waals surface area contributed by atoms with Crippen molar-refractivity contribution in [1.29, 1.82) is 0 Å². The van der Waals surface area contributed by atoms with Crippen LogP contribution in [0.25, 0.3) is 6.08 Å². The van der Waals surface area contributed by atoms with Crippen molar-refractivity contribution in [2.75, 3.05) is 27.4 Å². The van der Waals surface area contributed by atoms with E-state index in [2.05, 4.69) is 10.6 Å². The average Bonchev–Trinajstić information content (AvgIpc) is 3.25. The van der Waals surface area contributed by atoms with Crippen LogP contribution in [-0.2, 0) is 9.53 Å². The minimum Gasteiger partial charge on any atom is -0.493 e. The summed E-state index contributed by atoms with van der Waals surface area (Å²) in [7, 11) is 3.00. The number of nitrogens with one attached hydrogen (secondary N) is 2. The molecule has 1 heterocycles. The predicted molar refractivity (Wildman–Crippen MR) is 112 cm³/mol. The number of rotatable bonds is 11. The Morgan fingerprint density at radius 3 is 2.53 bits per heavy atom. The van der Waals surface area contributed by atoms with Gasteiger partial charge in [-0.3, -0.25) is 9.59 Å². The van der Waals surface area contributed by atoms with E-state index in [1.807, 2.05) is 13.8 Å². The minimum absolute atomic E-state index is 0.0644. The predicted octanol–water partition coefficient (Wildman–Crippen LogP) is 3.00. The van der Waals surface area contributed by atoms with Crippen LogP contribution in [0.15, 0.2) is 46.7 Å². The summed E-state index contributed by atoms with van der Waals surface area (Å²) in [5.41, 5.74) is 0.380. The molecule has 2 aromatic rings. The molecule has 30 heavy (non-hydrogen) atoms. The van der Waals surface area contributed by atoms with Crippen LogP contribution < -0.4 is 20.1 Å². The molecule has 8 heteroatoms. The zero-order valence-electron chi connectivity index (χ0n) is 17.7. The smallest absolute Gasteiger partial charge is 0.267 e. The topological polar surface area (TPSA) is 99.0 Å². The van der Waals surface area contributed by atoms with Crippen LogP contribution in [0.1, 0.15) is 36.4 Å². The van der Waals surface area contributed by atoms with Crippen LogP contribution in [0.3, 0.4) is 0 Å². The second-order valence-corrected chi connectivity index (χ2v) is 6.63. The lowest BCUT2D eigenvalue weighted by atomic mass is 10.1. The monoisotopic (exact) mass is 416 g/mol. The van der Waals surface area contributed by atoms with Crippen molar-refractivity contribution in [3.8, 4) is 11.5 Å². The average molecular weight is 416 g/mol. The summed E-state index contributed by atoms with van der Waals surface area (Å²) in [6.45, 7) is 4.85. The summed E-state index contributed by atoms with van der Waals surface area (Å²) < 4.78 is 21.1. The molecule has 0 unspecified atom stereocenters. The van der Waals surface area contributed by atoms with Gasteiger partial charge in [0.25, 0.3) is 11.8 Å². The van der Waals surface area contributed by atoms with Gasteiger partial charge in [0.2, 0.25) is 0 Å². The quantitative estimate of drug-likeness (QED) is 0.432. The second kappa shape index (κ2) is 11.7. The number of ether oxygens (including phenoxy) is 3. The molecule has 0 aliphatic rings. The molecular weight excluding hydrogens is 388 g/mol. The Hall–Kier alpha value is -3.26. The number of carbonyl (C=O) groups excluding carboxylic acids is 2. The second-order valence-electron chi connectivity index (χ2n) is 6.63. The van der Waals surface area contributed by atoms with Gasteiger partial charge in [0.1, 0.15) is 11.5 Å². The van der Waals surface area contributed by atoms with Crippen molar-refractivity contribution in [3.63, 3.8) is 0 Å². The van der Waals surface area contributed by atoms with E-state index in [0.29, 0.717) is 42.4 Å². The minimum atomic E-state index is -0.466. The molecule has 1 aromatic heterocycles. The van der Waals surface area contributed by atoms with Crippen LogP contribution in [0.2, 0.25) is 0 Å². The molecule has 0 saturated heterocycles. The number of hydrogen-bond acceptors (Lipinski definition) is 6. The van der Waals surface area contributed by atoms with Gasteiger partial charge in [-0.2, -0.15) is 0 Å². The van der Waals surface area contributed by atoms with Crippen LogP contribution in [0.5, 0.6) is 11.5 Å². The van der Waals surface area contributed by atoms with Crippen molar-refractivity contribution in [2.24, 2.45) is 0 Å². The van der Waals surface area contributed by atoms with Gasteiger partial charge in [-0.05, 0) is 50.6 Å². The first-order chi connectivity index (χ1) is 14.4. The molecule has 2 amide bonds. The number of furan rings is 1. The van der Waals surface area contributed by atoms with Gasteiger partial charge >= 0.3 is 0 Å². The number of hydrogen-bond donors (Lipinski definition) is 2. The van der Waals surface area contributed by atoms with Crippen LogP contribution in [0, 0.1) is 0 Å². The molecule has 0 saturated carbocycles. The molecule has 0 aliphatic heterocycles. The first-order valence-electron chi connectivity index (χ1n) is 9.63. The van der Waals surface area contributed by atoms with Gasteiger partial charge in [0, 0.05) is 24.8 Å². The van der Waals surface area contributed by atoms with Gasteiger partial charge in [-0.25, -0.2) is 0 Å². The molecule has 0 bridgehead atoms. The Bertz CT molecular complexity index is 859. The van der Waals surface area contributed by atoms with Gasteiger partial charge in [-0.1, -0.05) is 0 Å². The summed E-state index contributed by atoms with van der Waals surface area (Å²) in [6.07, 6.45) is 3.75. The zero-order chi connectivity index (χ0) is 21.9. The Kier molecular flexibility index (Phi) is 8.96. The van der Waals surface area contributed by atoms with E-state index in [9.17, 15) is 9.59 Å². The van der Waals surface area contributed by atoms with Gasteiger partial charge in [0.05, 0.1) is 26.6 Å². The summed E-state index contributed by atoms with van der Waals surface area (Å²) in [4.78, 5) is 25.4. The van der Waals surface area contributed by atoms with E-state index in [4.69, 9.17) is 18.6 Å². The molecule has 0 aliphatic carbocycles. The van der Waals surface area contributed by atoms with E-state index in [1.54, 1.807) is 30.3 Å². The standard InChI is InChI=1S/C22H28N2O6/c1-15(2)29-12-6-10-23-22(26)18(14-17-7-5-11-30-17)24-21(25)16-8-9-19(27-3)20(13-16)28-4/h5,7-9,11,13-15H,6,10,12H2,1-4H3,(H,23,26)(H,24,25)/b18-14-. The number of benzene rings is 1. The Morgan fingerprint density at radius 2 is 1.90 bits per heavy atom. The molecule has 0 fully saturated rings. The first-order valence-corrected chi connectivity index (χ1v) is 9.63. The third-order valence-corrected chi connectivity index (χ3v) is 4.03. The Labute approximate surface area is 176 Å². The Balaban J connectivity index is 2.10. The first kappa shape index (κ1) is 23.0. The highest BCUT2D eigenvalue weighted by atomic mass is 16.5. The summed E-state index contributed by atoms with van der Waals surface area (Å²) >= 11 is 0. The number of methoxy groups -OCH3 is 2. The summed E-state index contributed by atoms with van der Waals surface area (Å²) in [6, 6.07) is 8.13. The third kappa shape index (κ3) is 6.97. The maximum Gasteiger partial charge on any atom is 0.267 e.